The summed E-state index contributed by atoms with van der Waals surface area (Å²) in [5.74, 6) is 0.113. The smallest absolute Gasteiger partial charge is 0.227 e. The first-order valence-corrected chi connectivity index (χ1v) is 8.10. The third-order valence-electron chi connectivity index (χ3n) is 3.81. The number of thiazole rings is 1. The Bertz CT molecular complexity index is 818. The van der Waals surface area contributed by atoms with Crippen molar-refractivity contribution in [2.45, 2.75) is 19.9 Å². The van der Waals surface area contributed by atoms with E-state index in [1.54, 1.807) is 16.2 Å². The Labute approximate surface area is 134 Å². The van der Waals surface area contributed by atoms with Crippen LogP contribution in [0, 0.1) is 6.92 Å². The second-order valence-corrected chi connectivity index (χ2v) is 6.63. The number of carbonyl (C=O) groups is 1. The Balaban J connectivity index is 1.75. The van der Waals surface area contributed by atoms with Crippen LogP contribution in [0.4, 0.5) is 0 Å². The largest absolute Gasteiger partial charge is 0.350 e. The van der Waals surface area contributed by atoms with Crippen LogP contribution < -0.4 is 0 Å². The average Bonchev–Trinajstić information content (AvgIpc) is 3.04. The number of amides is 1. The summed E-state index contributed by atoms with van der Waals surface area (Å²) in [5, 5.41) is 4.19. The summed E-state index contributed by atoms with van der Waals surface area (Å²) in [6, 6.07) is 8.18. The maximum Gasteiger partial charge on any atom is 0.227 e. The van der Waals surface area contributed by atoms with Crippen molar-refractivity contribution < 1.29 is 4.79 Å². The number of nitrogens with zero attached hydrogens (tertiary/aromatic N) is 3. The lowest BCUT2D eigenvalue weighted by Crippen LogP contribution is -2.27. The van der Waals surface area contributed by atoms with Crippen LogP contribution in [-0.4, -0.2) is 27.4 Å². The van der Waals surface area contributed by atoms with Gasteiger partial charge in [-0.1, -0.05) is 18.2 Å². The van der Waals surface area contributed by atoms with Crippen molar-refractivity contribution in [3.05, 3.63) is 52.1 Å². The zero-order valence-corrected chi connectivity index (χ0v) is 13.9. The van der Waals surface area contributed by atoms with Gasteiger partial charge in [-0.15, -0.1) is 11.3 Å². The highest BCUT2D eigenvalue weighted by Gasteiger charge is 2.15. The number of likely N-dealkylation sites (N-methyl/N-ethyl adjacent to an activating group) is 1. The standard InChI is InChI=1S/C17H19N3OS/c1-12-18-14(11-22-12)10-20(3)17(21)8-13-9-19(2)16-7-5-4-6-15(13)16/h4-7,9,11H,8,10H2,1-3H3. The fraction of sp³-hybridized carbons (Fsp3) is 0.294. The zero-order valence-electron chi connectivity index (χ0n) is 13.0. The van der Waals surface area contributed by atoms with Crippen molar-refractivity contribution >= 4 is 28.1 Å². The molecule has 0 bridgehead atoms. The van der Waals surface area contributed by atoms with Crippen molar-refractivity contribution in [1.82, 2.24) is 14.5 Å². The van der Waals surface area contributed by atoms with Gasteiger partial charge in [0.05, 0.1) is 23.7 Å². The predicted octanol–water partition coefficient (Wildman–Crippen LogP) is 3.14. The Hall–Kier alpha value is -2.14. The van der Waals surface area contributed by atoms with Crippen LogP contribution in [0.15, 0.2) is 35.8 Å². The van der Waals surface area contributed by atoms with Crippen LogP contribution in [0.25, 0.3) is 10.9 Å². The number of fused-ring (bicyclic) bond motifs is 1. The van der Waals surface area contributed by atoms with E-state index in [0.717, 1.165) is 27.2 Å². The quantitative estimate of drug-likeness (QED) is 0.742. The van der Waals surface area contributed by atoms with Gasteiger partial charge in [-0.05, 0) is 18.6 Å². The average molecular weight is 313 g/mol. The molecule has 1 aromatic carbocycles. The van der Waals surface area contributed by atoms with Crippen molar-refractivity contribution in [1.29, 1.82) is 0 Å². The molecule has 3 aromatic rings. The van der Waals surface area contributed by atoms with Gasteiger partial charge in [0, 0.05) is 36.6 Å². The number of rotatable bonds is 4. The molecule has 0 radical (unpaired) electrons. The van der Waals surface area contributed by atoms with Crippen LogP contribution in [0.3, 0.4) is 0 Å². The van der Waals surface area contributed by atoms with Crippen LogP contribution in [0.5, 0.6) is 0 Å². The molecule has 5 heteroatoms. The first-order chi connectivity index (χ1) is 10.5. The SMILES string of the molecule is Cc1nc(CN(C)C(=O)Cc2cn(C)c3ccccc23)cs1. The summed E-state index contributed by atoms with van der Waals surface area (Å²) in [6.07, 6.45) is 2.46. The number of aryl methyl sites for hydroxylation is 2. The van der Waals surface area contributed by atoms with Gasteiger partial charge >= 0.3 is 0 Å². The predicted molar refractivity (Wildman–Crippen MR) is 89.9 cm³/mol. The fourth-order valence-corrected chi connectivity index (χ4v) is 3.28. The van der Waals surface area contributed by atoms with Gasteiger partial charge < -0.3 is 9.47 Å². The van der Waals surface area contributed by atoms with Crippen molar-refractivity contribution in [2.24, 2.45) is 7.05 Å². The molecule has 0 aliphatic carbocycles. The normalized spacial score (nSPS) is 11.0. The van der Waals surface area contributed by atoms with Crippen LogP contribution in [0.1, 0.15) is 16.3 Å². The van der Waals surface area contributed by atoms with Crippen molar-refractivity contribution in [2.75, 3.05) is 7.05 Å². The Morgan fingerprint density at radius 2 is 2.14 bits per heavy atom. The number of para-hydroxylation sites is 1. The van der Waals surface area contributed by atoms with E-state index in [0.29, 0.717) is 13.0 Å². The van der Waals surface area contributed by atoms with Gasteiger partial charge in [0.25, 0.3) is 0 Å². The van der Waals surface area contributed by atoms with Crippen LogP contribution in [-0.2, 0) is 24.8 Å². The Morgan fingerprint density at radius 3 is 2.86 bits per heavy atom. The molecule has 0 N–H and O–H groups in total. The van der Waals surface area contributed by atoms with E-state index in [1.165, 1.54) is 0 Å². The minimum Gasteiger partial charge on any atom is -0.350 e. The monoisotopic (exact) mass is 313 g/mol. The van der Waals surface area contributed by atoms with E-state index in [1.807, 2.05) is 44.7 Å². The second-order valence-electron chi connectivity index (χ2n) is 5.57. The number of hydrogen-bond acceptors (Lipinski definition) is 3. The highest BCUT2D eigenvalue weighted by molar-refractivity contribution is 7.09. The number of aromatic nitrogens is 2. The minimum atomic E-state index is 0.113. The molecule has 1 amide bonds. The maximum atomic E-state index is 12.5. The molecule has 0 atom stereocenters. The third kappa shape index (κ3) is 2.90. The number of carbonyl (C=O) groups excluding carboxylic acids is 1. The minimum absolute atomic E-state index is 0.113. The summed E-state index contributed by atoms with van der Waals surface area (Å²) < 4.78 is 2.07. The first kappa shape index (κ1) is 14.8. The van der Waals surface area contributed by atoms with Crippen molar-refractivity contribution in [3.63, 3.8) is 0 Å². The molecule has 0 spiro atoms. The molecule has 3 rings (SSSR count). The van der Waals surface area contributed by atoms with Gasteiger partial charge in [-0.3, -0.25) is 4.79 Å². The van der Waals surface area contributed by atoms with E-state index in [-0.39, 0.29) is 5.91 Å². The maximum absolute atomic E-state index is 12.5. The van der Waals surface area contributed by atoms with Crippen LogP contribution in [0.2, 0.25) is 0 Å². The van der Waals surface area contributed by atoms with Gasteiger partial charge in [0.1, 0.15) is 0 Å². The molecule has 22 heavy (non-hydrogen) atoms. The summed E-state index contributed by atoms with van der Waals surface area (Å²) in [7, 11) is 3.85. The Morgan fingerprint density at radius 1 is 1.36 bits per heavy atom. The highest BCUT2D eigenvalue weighted by Crippen LogP contribution is 2.21. The third-order valence-corrected chi connectivity index (χ3v) is 4.63. The fourth-order valence-electron chi connectivity index (χ4n) is 2.68. The van der Waals surface area contributed by atoms with Crippen LogP contribution >= 0.6 is 11.3 Å². The topological polar surface area (TPSA) is 38.1 Å². The lowest BCUT2D eigenvalue weighted by atomic mass is 10.1. The van der Waals surface area contributed by atoms with E-state index in [2.05, 4.69) is 21.7 Å². The summed E-state index contributed by atoms with van der Waals surface area (Å²) in [6.45, 7) is 2.54. The molecule has 0 unspecified atom stereocenters. The lowest BCUT2D eigenvalue weighted by Gasteiger charge is -2.15. The summed E-state index contributed by atoms with van der Waals surface area (Å²) >= 11 is 1.61. The first-order valence-electron chi connectivity index (χ1n) is 7.22. The summed E-state index contributed by atoms with van der Waals surface area (Å²) in [5.41, 5.74) is 3.18. The lowest BCUT2D eigenvalue weighted by molar-refractivity contribution is -0.129. The molecule has 2 aromatic heterocycles. The van der Waals surface area contributed by atoms with Gasteiger partial charge in [0.2, 0.25) is 5.91 Å². The zero-order chi connectivity index (χ0) is 15.7. The Kier molecular flexibility index (Phi) is 3.98. The molecule has 4 nitrogen and oxygen atoms in total. The van der Waals surface area contributed by atoms with Gasteiger partial charge in [-0.2, -0.15) is 0 Å². The van der Waals surface area contributed by atoms with Gasteiger partial charge in [-0.25, -0.2) is 4.98 Å². The molecular formula is C17H19N3OS. The highest BCUT2D eigenvalue weighted by atomic mass is 32.1. The molecule has 114 valence electrons. The van der Waals surface area contributed by atoms with Gasteiger partial charge in [0.15, 0.2) is 0 Å². The second kappa shape index (κ2) is 5.93. The molecular weight excluding hydrogens is 294 g/mol. The van der Waals surface area contributed by atoms with Crippen molar-refractivity contribution in [3.8, 4) is 0 Å². The van der Waals surface area contributed by atoms with E-state index in [9.17, 15) is 4.79 Å². The summed E-state index contributed by atoms with van der Waals surface area (Å²) in [4.78, 5) is 18.6. The number of benzene rings is 1. The molecule has 2 heterocycles. The molecule has 0 saturated carbocycles. The molecule has 0 saturated heterocycles. The number of hydrogen-bond donors (Lipinski definition) is 0. The molecule has 0 aliphatic heterocycles. The van der Waals surface area contributed by atoms with E-state index >= 15 is 0 Å². The van der Waals surface area contributed by atoms with E-state index in [4.69, 9.17) is 0 Å². The molecule has 0 aliphatic rings. The molecule has 0 fully saturated rings. The van der Waals surface area contributed by atoms with E-state index < -0.39 is 0 Å².